The molecule has 3 aromatic rings. The SMILES string of the molecule is O=[N+]([O-])c1ccc(NC(=S)Nc2nc3c(Cl)cccc3s2)cc1. The summed E-state index contributed by atoms with van der Waals surface area (Å²) in [4.78, 5) is 14.6. The Morgan fingerprint density at radius 3 is 2.61 bits per heavy atom. The van der Waals surface area contributed by atoms with Gasteiger partial charge in [-0.1, -0.05) is 29.0 Å². The summed E-state index contributed by atoms with van der Waals surface area (Å²) in [6.07, 6.45) is 0. The van der Waals surface area contributed by atoms with Crippen LogP contribution in [0.25, 0.3) is 10.2 Å². The molecule has 1 aromatic heterocycles. The Bertz CT molecular complexity index is 895. The first-order valence-electron chi connectivity index (χ1n) is 6.40. The number of benzene rings is 2. The van der Waals surface area contributed by atoms with Crippen molar-refractivity contribution in [2.75, 3.05) is 10.6 Å². The summed E-state index contributed by atoms with van der Waals surface area (Å²) in [5, 5.41) is 18.1. The Labute approximate surface area is 145 Å². The van der Waals surface area contributed by atoms with E-state index in [0.717, 1.165) is 10.2 Å². The summed E-state index contributed by atoms with van der Waals surface area (Å²) < 4.78 is 0.957. The van der Waals surface area contributed by atoms with Crippen molar-refractivity contribution in [2.45, 2.75) is 0 Å². The monoisotopic (exact) mass is 364 g/mol. The number of rotatable bonds is 3. The zero-order chi connectivity index (χ0) is 16.4. The van der Waals surface area contributed by atoms with Crippen LogP contribution in [-0.4, -0.2) is 15.0 Å². The van der Waals surface area contributed by atoms with Gasteiger partial charge in [-0.2, -0.15) is 0 Å². The summed E-state index contributed by atoms with van der Waals surface area (Å²) in [7, 11) is 0. The lowest BCUT2D eigenvalue weighted by Gasteiger charge is -2.07. The van der Waals surface area contributed by atoms with Crippen molar-refractivity contribution in [3.05, 3.63) is 57.6 Å². The Kier molecular flexibility index (Phi) is 4.37. The summed E-state index contributed by atoms with van der Waals surface area (Å²) in [6, 6.07) is 11.5. The molecule has 0 aliphatic rings. The van der Waals surface area contributed by atoms with Gasteiger partial charge < -0.3 is 10.6 Å². The van der Waals surface area contributed by atoms with Gasteiger partial charge in [0.2, 0.25) is 0 Å². The topological polar surface area (TPSA) is 80.1 Å². The summed E-state index contributed by atoms with van der Waals surface area (Å²) in [5.74, 6) is 0. The molecular weight excluding hydrogens is 356 g/mol. The van der Waals surface area contributed by atoms with Crippen molar-refractivity contribution in [2.24, 2.45) is 0 Å². The van der Waals surface area contributed by atoms with Crippen LogP contribution in [0.3, 0.4) is 0 Å². The molecule has 6 nitrogen and oxygen atoms in total. The third-order valence-electron chi connectivity index (χ3n) is 2.93. The van der Waals surface area contributed by atoms with Gasteiger partial charge in [-0.3, -0.25) is 10.1 Å². The van der Waals surface area contributed by atoms with Gasteiger partial charge in [0.05, 0.1) is 14.6 Å². The second-order valence-corrected chi connectivity index (χ2v) is 6.33. The molecule has 0 fully saturated rings. The largest absolute Gasteiger partial charge is 0.332 e. The fraction of sp³-hybridized carbons (Fsp3) is 0. The first-order chi connectivity index (χ1) is 11.0. The van der Waals surface area contributed by atoms with Crippen LogP contribution in [0.15, 0.2) is 42.5 Å². The van der Waals surface area contributed by atoms with Crippen LogP contribution in [0.4, 0.5) is 16.5 Å². The highest BCUT2D eigenvalue weighted by Gasteiger charge is 2.09. The van der Waals surface area contributed by atoms with E-state index in [9.17, 15) is 10.1 Å². The molecule has 0 aliphatic heterocycles. The molecule has 0 saturated carbocycles. The molecule has 0 atom stereocenters. The number of para-hydroxylation sites is 1. The molecule has 116 valence electrons. The number of nitro groups is 1. The third-order valence-corrected chi connectivity index (χ3v) is 4.37. The summed E-state index contributed by atoms with van der Waals surface area (Å²) in [6.45, 7) is 0. The lowest BCUT2D eigenvalue weighted by Crippen LogP contribution is -2.18. The maximum atomic E-state index is 10.6. The van der Waals surface area contributed by atoms with Crippen LogP contribution in [0, 0.1) is 10.1 Å². The van der Waals surface area contributed by atoms with Crippen LogP contribution in [-0.2, 0) is 0 Å². The zero-order valence-electron chi connectivity index (χ0n) is 11.4. The van der Waals surface area contributed by atoms with Gasteiger partial charge in [-0.05, 0) is 36.5 Å². The van der Waals surface area contributed by atoms with E-state index in [-0.39, 0.29) is 5.69 Å². The first kappa shape index (κ1) is 15.6. The van der Waals surface area contributed by atoms with E-state index in [2.05, 4.69) is 15.6 Å². The van der Waals surface area contributed by atoms with E-state index in [1.165, 1.54) is 23.5 Å². The molecule has 23 heavy (non-hydrogen) atoms. The number of fused-ring (bicyclic) bond motifs is 1. The molecule has 2 aromatic carbocycles. The van der Waals surface area contributed by atoms with E-state index >= 15 is 0 Å². The lowest BCUT2D eigenvalue weighted by atomic mass is 10.3. The van der Waals surface area contributed by atoms with Gasteiger partial charge in [-0.25, -0.2) is 4.98 Å². The molecule has 1 heterocycles. The van der Waals surface area contributed by atoms with Crippen molar-refractivity contribution in [1.29, 1.82) is 0 Å². The molecule has 2 N–H and O–H groups in total. The number of non-ortho nitro benzene ring substituents is 1. The molecule has 0 spiro atoms. The molecule has 0 aliphatic carbocycles. The van der Waals surface area contributed by atoms with Crippen molar-refractivity contribution < 1.29 is 4.92 Å². The molecule has 0 unspecified atom stereocenters. The highest BCUT2D eigenvalue weighted by molar-refractivity contribution is 7.80. The number of nitrogens with zero attached hydrogens (tertiary/aromatic N) is 2. The molecule has 0 amide bonds. The number of aromatic nitrogens is 1. The Morgan fingerprint density at radius 1 is 1.22 bits per heavy atom. The number of halogens is 1. The molecular formula is C14H9ClN4O2S2. The Hall–Kier alpha value is -2.29. The van der Waals surface area contributed by atoms with Crippen LogP contribution in [0.5, 0.6) is 0 Å². The minimum atomic E-state index is -0.453. The third kappa shape index (κ3) is 3.55. The number of nitro benzene ring substituents is 1. The second kappa shape index (κ2) is 6.45. The zero-order valence-corrected chi connectivity index (χ0v) is 13.8. The van der Waals surface area contributed by atoms with E-state index in [1.54, 1.807) is 18.2 Å². The van der Waals surface area contributed by atoms with Gasteiger partial charge in [0.25, 0.3) is 5.69 Å². The maximum absolute atomic E-state index is 10.6. The van der Waals surface area contributed by atoms with E-state index in [0.29, 0.717) is 21.0 Å². The maximum Gasteiger partial charge on any atom is 0.269 e. The predicted octanol–water partition coefficient (Wildman–Crippen LogP) is 4.67. The highest BCUT2D eigenvalue weighted by atomic mass is 35.5. The van der Waals surface area contributed by atoms with E-state index in [1.807, 2.05) is 12.1 Å². The van der Waals surface area contributed by atoms with E-state index in [4.69, 9.17) is 23.8 Å². The van der Waals surface area contributed by atoms with Gasteiger partial charge in [0.15, 0.2) is 10.2 Å². The van der Waals surface area contributed by atoms with Crippen LogP contribution >= 0.6 is 35.2 Å². The number of thiocarbonyl (C=S) groups is 1. The Balaban J connectivity index is 1.70. The molecule has 0 radical (unpaired) electrons. The number of nitrogens with one attached hydrogen (secondary N) is 2. The fourth-order valence-electron chi connectivity index (χ4n) is 1.89. The van der Waals surface area contributed by atoms with Crippen molar-refractivity contribution in [3.63, 3.8) is 0 Å². The molecule has 0 bridgehead atoms. The van der Waals surface area contributed by atoms with Gasteiger partial charge in [-0.15, -0.1) is 0 Å². The minimum Gasteiger partial charge on any atom is -0.332 e. The minimum absolute atomic E-state index is 0.0234. The highest BCUT2D eigenvalue weighted by Crippen LogP contribution is 2.30. The predicted molar refractivity (Wildman–Crippen MR) is 97.6 cm³/mol. The second-order valence-electron chi connectivity index (χ2n) is 4.49. The van der Waals surface area contributed by atoms with Crippen LogP contribution in [0.1, 0.15) is 0 Å². The van der Waals surface area contributed by atoms with Crippen molar-refractivity contribution in [1.82, 2.24) is 4.98 Å². The smallest absolute Gasteiger partial charge is 0.269 e. The molecule has 0 saturated heterocycles. The normalized spacial score (nSPS) is 10.5. The Morgan fingerprint density at radius 2 is 1.96 bits per heavy atom. The standard InChI is InChI=1S/C14H9ClN4O2S2/c15-10-2-1-3-11-12(10)17-14(23-11)18-13(22)16-8-4-6-9(7-5-8)19(20)21/h1-7H,(H2,16,17,18,22). The van der Waals surface area contributed by atoms with Crippen LogP contribution < -0.4 is 10.6 Å². The number of hydrogen-bond donors (Lipinski definition) is 2. The summed E-state index contributed by atoms with van der Waals surface area (Å²) in [5.41, 5.74) is 1.39. The lowest BCUT2D eigenvalue weighted by molar-refractivity contribution is -0.384. The van der Waals surface area contributed by atoms with Gasteiger partial charge in [0, 0.05) is 17.8 Å². The number of hydrogen-bond acceptors (Lipinski definition) is 5. The average molecular weight is 365 g/mol. The van der Waals surface area contributed by atoms with Gasteiger partial charge >= 0.3 is 0 Å². The molecule has 9 heteroatoms. The van der Waals surface area contributed by atoms with Crippen LogP contribution in [0.2, 0.25) is 5.02 Å². The first-order valence-corrected chi connectivity index (χ1v) is 8.01. The van der Waals surface area contributed by atoms with Gasteiger partial charge in [0.1, 0.15) is 5.52 Å². The van der Waals surface area contributed by atoms with Crippen molar-refractivity contribution >= 4 is 67.0 Å². The summed E-state index contributed by atoms with van der Waals surface area (Å²) >= 11 is 12.7. The van der Waals surface area contributed by atoms with E-state index < -0.39 is 4.92 Å². The fourth-order valence-corrected chi connectivity index (χ4v) is 3.34. The number of thiazole rings is 1. The number of anilines is 2. The quantitative estimate of drug-likeness (QED) is 0.399. The van der Waals surface area contributed by atoms with Crippen molar-refractivity contribution in [3.8, 4) is 0 Å². The average Bonchev–Trinajstić information content (AvgIpc) is 2.91. The molecule has 3 rings (SSSR count).